The first kappa shape index (κ1) is 17.9. The fraction of sp³-hybridized carbons (Fsp3) is 0.938. The number of urea groups is 1. The Labute approximate surface area is 139 Å². The highest BCUT2D eigenvalue weighted by molar-refractivity contribution is 7.99. The molecule has 2 rings (SSSR count). The number of carbonyl (C=O) groups excluding carboxylic acids is 1. The highest BCUT2D eigenvalue weighted by atomic mass is 32.2. The van der Waals surface area contributed by atoms with Crippen molar-refractivity contribution >= 4 is 17.8 Å². The predicted molar refractivity (Wildman–Crippen MR) is 94.6 cm³/mol. The van der Waals surface area contributed by atoms with Crippen molar-refractivity contribution in [3.05, 3.63) is 0 Å². The maximum atomic E-state index is 11.9. The molecule has 0 unspecified atom stereocenters. The molecule has 0 aromatic carbocycles. The zero-order valence-corrected chi connectivity index (χ0v) is 15.1. The summed E-state index contributed by atoms with van der Waals surface area (Å²) in [6.07, 6.45) is 8.10. The molecular formula is C16H32N4OS. The van der Waals surface area contributed by atoms with Crippen molar-refractivity contribution in [1.82, 2.24) is 20.4 Å². The standard InChI is InChI=1S/C16H32N4OS/c1-19(2)14-6-9-20(10-7-14)11-8-17-16(21)18-13-4-5-15(12-13)22-3/h13-15H,4-12H2,1-3H3,(H2,17,18,21)/t13-,15+/m0/s1. The van der Waals surface area contributed by atoms with Gasteiger partial charge >= 0.3 is 6.03 Å². The average molecular weight is 329 g/mol. The highest BCUT2D eigenvalue weighted by Gasteiger charge is 2.25. The van der Waals surface area contributed by atoms with Gasteiger partial charge < -0.3 is 20.4 Å². The SMILES string of the molecule is CS[C@@H]1CC[C@H](NC(=O)NCCN2CCC(N(C)C)CC2)C1. The largest absolute Gasteiger partial charge is 0.337 e. The average Bonchev–Trinajstić information content (AvgIpc) is 2.95. The first-order chi connectivity index (χ1) is 10.6. The van der Waals surface area contributed by atoms with Gasteiger partial charge in [0, 0.05) is 30.4 Å². The Morgan fingerprint density at radius 3 is 2.55 bits per heavy atom. The summed E-state index contributed by atoms with van der Waals surface area (Å²) >= 11 is 1.92. The molecule has 1 saturated heterocycles. The molecule has 2 amide bonds. The third kappa shape index (κ3) is 5.63. The summed E-state index contributed by atoms with van der Waals surface area (Å²) in [4.78, 5) is 16.7. The molecule has 0 aromatic heterocycles. The molecule has 0 bridgehead atoms. The Morgan fingerprint density at radius 1 is 1.23 bits per heavy atom. The number of nitrogens with zero attached hydrogens (tertiary/aromatic N) is 2. The molecule has 1 saturated carbocycles. The molecule has 1 aliphatic heterocycles. The van der Waals surface area contributed by atoms with Gasteiger partial charge in [0.05, 0.1) is 0 Å². The van der Waals surface area contributed by atoms with E-state index in [2.05, 4.69) is 40.8 Å². The summed E-state index contributed by atoms with van der Waals surface area (Å²) in [5.74, 6) is 0. The Balaban J connectivity index is 1.54. The van der Waals surface area contributed by atoms with Crippen LogP contribution in [0.25, 0.3) is 0 Å². The molecule has 2 N–H and O–H groups in total. The minimum atomic E-state index is 0.00919. The lowest BCUT2D eigenvalue weighted by Gasteiger charge is -2.35. The number of hydrogen-bond acceptors (Lipinski definition) is 4. The molecule has 128 valence electrons. The molecule has 0 radical (unpaired) electrons. The molecule has 2 atom stereocenters. The monoisotopic (exact) mass is 328 g/mol. The predicted octanol–water partition coefficient (Wildman–Crippen LogP) is 1.60. The van der Waals surface area contributed by atoms with Gasteiger partial charge in [-0.05, 0) is 65.5 Å². The molecule has 1 aliphatic carbocycles. The Morgan fingerprint density at radius 2 is 1.95 bits per heavy atom. The number of nitrogens with one attached hydrogen (secondary N) is 2. The molecule has 5 nitrogen and oxygen atoms in total. The maximum absolute atomic E-state index is 11.9. The van der Waals surface area contributed by atoms with Crippen LogP contribution in [0.4, 0.5) is 4.79 Å². The number of amides is 2. The lowest BCUT2D eigenvalue weighted by molar-refractivity contribution is 0.145. The van der Waals surface area contributed by atoms with E-state index in [4.69, 9.17) is 0 Å². The van der Waals surface area contributed by atoms with Gasteiger partial charge in [-0.2, -0.15) is 11.8 Å². The second-order valence-electron chi connectivity index (χ2n) is 6.80. The van der Waals surface area contributed by atoms with Gasteiger partial charge in [-0.15, -0.1) is 0 Å². The van der Waals surface area contributed by atoms with E-state index in [9.17, 15) is 4.79 Å². The van der Waals surface area contributed by atoms with Crippen molar-refractivity contribution in [2.75, 3.05) is 46.5 Å². The summed E-state index contributed by atoms with van der Waals surface area (Å²) < 4.78 is 0. The van der Waals surface area contributed by atoms with E-state index in [0.29, 0.717) is 6.04 Å². The van der Waals surface area contributed by atoms with E-state index in [1.54, 1.807) is 0 Å². The zero-order chi connectivity index (χ0) is 15.9. The number of piperidine rings is 1. The molecule has 0 aromatic rings. The van der Waals surface area contributed by atoms with E-state index >= 15 is 0 Å². The first-order valence-electron chi connectivity index (χ1n) is 8.54. The summed E-state index contributed by atoms with van der Waals surface area (Å²) in [5.41, 5.74) is 0. The van der Waals surface area contributed by atoms with Crippen molar-refractivity contribution < 1.29 is 4.79 Å². The van der Waals surface area contributed by atoms with E-state index < -0.39 is 0 Å². The van der Waals surface area contributed by atoms with Crippen LogP contribution in [-0.4, -0.2) is 79.7 Å². The van der Waals surface area contributed by atoms with Crippen LogP contribution in [0.2, 0.25) is 0 Å². The zero-order valence-electron chi connectivity index (χ0n) is 14.3. The van der Waals surface area contributed by atoms with Gasteiger partial charge in [0.25, 0.3) is 0 Å². The summed E-state index contributed by atoms with van der Waals surface area (Å²) in [7, 11) is 4.33. The molecular weight excluding hydrogens is 296 g/mol. The van der Waals surface area contributed by atoms with Crippen LogP contribution in [0.5, 0.6) is 0 Å². The van der Waals surface area contributed by atoms with E-state index in [1.165, 1.54) is 19.3 Å². The highest BCUT2D eigenvalue weighted by Crippen LogP contribution is 2.27. The van der Waals surface area contributed by atoms with Crippen molar-refractivity contribution in [3.8, 4) is 0 Å². The smallest absolute Gasteiger partial charge is 0.315 e. The minimum Gasteiger partial charge on any atom is -0.337 e. The van der Waals surface area contributed by atoms with Gasteiger partial charge in [0.2, 0.25) is 0 Å². The number of likely N-dealkylation sites (tertiary alicyclic amines) is 1. The van der Waals surface area contributed by atoms with Gasteiger partial charge in [-0.1, -0.05) is 0 Å². The van der Waals surface area contributed by atoms with Crippen LogP contribution in [0, 0.1) is 0 Å². The topological polar surface area (TPSA) is 47.6 Å². The quantitative estimate of drug-likeness (QED) is 0.777. The van der Waals surface area contributed by atoms with Crippen molar-refractivity contribution in [3.63, 3.8) is 0 Å². The third-order valence-electron chi connectivity index (χ3n) is 5.05. The van der Waals surface area contributed by atoms with E-state index in [-0.39, 0.29) is 6.03 Å². The number of hydrogen-bond donors (Lipinski definition) is 2. The van der Waals surface area contributed by atoms with Crippen LogP contribution in [0.3, 0.4) is 0 Å². The van der Waals surface area contributed by atoms with Gasteiger partial charge in [0.15, 0.2) is 0 Å². The van der Waals surface area contributed by atoms with Crippen LogP contribution < -0.4 is 10.6 Å². The molecule has 0 spiro atoms. The molecule has 2 aliphatic rings. The fourth-order valence-electron chi connectivity index (χ4n) is 3.51. The van der Waals surface area contributed by atoms with Crippen LogP contribution >= 0.6 is 11.8 Å². The lowest BCUT2D eigenvalue weighted by Crippen LogP contribution is -2.46. The summed E-state index contributed by atoms with van der Waals surface area (Å²) in [5, 5.41) is 6.85. The maximum Gasteiger partial charge on any atom is 0.315 e. The third-order valence-corrected chi connectivity index (χ3v) is 6.15. The van der Waals surface area contributed by atoms with Crippen molar-refractivity contribution in [1.29, 1.82) is 0 Å². The van der Waals surface area contributed by atoms with E-state index in [0.717, 1.165) is 50.3 Å². The number of rotatable bonds is 6. The normalized spacial score (nSPS) is 27.3. The molecule has 22 heavy (non-hydrogen) atoms. The fourth-order valence-corrected chi connectivity index (χ4v) is 4.31. The summed E-state index contributed by atoms with van der Waals surface area (Å²) in [6.45, 7) is 4.00. The molecule has 2 fully saturated rings. The second-order valence-corrected chi connectivity index (χ2v) is 7.94. The van der Waals surface area contributed by atoms with Crippen molar-refractivity contribution in [2.45, 2.75) is 49.4 Å². The first-order valence-corrected chi connectivity index (χ1v) is 9.83. The van der Waals surface area contributed by atoms with Crippen molar-refractivity contribution in [2.24, 2.45) is 0 Å². The van der Waals surface area contributed by atoms with Crippen LogP contribution in [0.1, 0.15) is 32.1 Å². The molecule has 6 heteroatoms. The number of thioether (sulfide) groups is 1. The van der Waals surface area contributed by atoms with Crippen LogP contribution in [-0.2, 0) is 0 Å². The van der Waals surface area contributed by atoms with Gasteiger partial charge in [-0.3, -0.25) is 0 Å². The second kappa shape index (κ2) is 8.99. The summed E-state index contributed by atoms with van der Waals surface area (Å²) in [6, 6.07) is 1.10. The number of carbonyl (C=O) groups is 1. The van der Waals surface area contributed by atoms with E-state index in [1.807, 2.05) is 11.8 Å². The minimum absolute atomic E-state index is 0.00919. The Hall–Kier alpha value is -0.460. The van der Waals surface area contributed by atoms with Gasteiger partial charge in [0.1, 0.15) is 0 Å². The lowest BCUT2D eigenvalue weighted by atomic mass is 10.0. The molecule has 1 heterocycles. The van der Waals surface area contributed by atoms with Gasteiger partial charge in [-0.25, -0.2) is 4.79 Å². The van der Waals surface area contributed by atoms with Crippen LogP contribution in [0.15, 0.2) is 0 Å². The Bertz CT molecular complexity index is 345. The Kier molecular flexibility index (Phi) is 7.31.